The Kier molecular flexibility index (Phi) is 30.4. The molecule has 0 saturated carbocycles. The minimum absolute atomic E-state index is 0. The van der Waals surface area contributed by atoms with Crippen LogP contribution >= 0.6 is 98.1 Å². The van der Waals surface area contributed by atoms with Crippen molar-refractivity contribution < 1.29 is 50.2 Å². The molecule has 24 heteroatoms. The van der Waals surface area contributed by atoms with Gasteiger partial charge in [0.25, 0.3) is 5.91 Å². The molecule has 3 N–H and O–H groups in total. The molecule has 0 atom stereocenters. The standard InChI is InChI=1S/C14H14O4S2.C14H14O2S2.C13H14N2O3S2.C8H8O2S.C5H2BrNS.CH4.ClH/c1-3-11-7-8-13(19-11)20(16,17)12-6-4-5-10(9-12)14(15)18-2;1-3-11-7-8-13(17-11)18-12-6-4-5-10(9-12)14(15)16-2;1-15-13(16)9-3-2-4-11(7-9)20(17,18)12-6-5-10(8-14)19-12;1-10-8(9)6-3-2-4-7(11)5-6;1-7-5-3-2-4(6)8-5;;/h4-9H,3H2,1-2H3;4-9H,3H2,1-2H3;2-7H,8,14H2,1H3,(H,15,16);2-5,11H,1H3;2-3H;1H4;1H. The Morgan fingerprint density at radius 2 is 1.08 bits per heavy atom. The summed E-state index contributed by atoms with van der Waals surface area (Å²) < 4.78 is 66.5. The maximum absolute atomic E-state index is 12.5. The first-order valence-electron chi connectivity index (χ1n) is 22.6. The Morgan fingerprint density at radius 1 is 0.620 bits per heavy atom. The molecule has 420 valence electrons. The van der Waals surface area contributed by atoms with Crippen molar-refractivity contribution in [3.63, 3.8) is 0 Å². The van der Waals surface area contributed by atoms with Gasteiger partial charge in [-0.05, 0) is 150 Å². The Balaban J connectivity index is 0.000000346. The van der Waals surface area contributed by atoms with Gasteiger partial charge in [-0.15, -0.1) is 70.4 Å². The molecule has 14 nitrogen and oxygen atoms in total. The number of aryl methyl sites for hydroxylation is 2. The van der Waals surface area contributed by atoms with E-state index in [1.807, 2.05) is 37.3 Å². The van der Waals surface area contributed by atoms with Crippen LogP contribution in [0, 0.1) is 6.57 Å². The topological polar surface area (TPSA) is 207 Å². The van der Waals surface area contributed by atoms with Crippen LogP contribution in [0.25, 0.3) is 4.85 Å². The van der Waals surface area contributed by atoms with E-state index in [2.05, 4.69) is 67.3 Å². The number of benzene rings is 4. The number of thiophene rings is 4. The van der Waals surface area contributed by atoms with Gasteiger partial charge in [-0.3, -0.25) is 4.79 Å². The van der Waals surface area contributed by atoms with Crippen LogP contribution < -0.4 is 11.1 Å². The number of sulfone groups is 2. The number of ether oxygens (including phenoxy) is 3. The number of amides is 1. The Hall–Kier alpha value is -5.62. The van der Waals surface area contributed by atoms with Crippen LogP contribution in [0.1, 0.15) is 77.3 Å². The molecule has 8 rings (SSSR count). The summed E-state index contributed by atoms with van der Waals surface area (Å²) in [4.78, 5) is 53.8. The summed E-state index contributed by atoms with van der Waals surface area (Å²) in [5, 5.41) is 3.20. The van der Waals surface area contributed by atoms with Gasteiger partial charge in [-0.25, -0.2) is 36.1 Å². The van der Waals surface area contributed by atoms with E-state index in [0.717, 1.165) is 52.5 Å². The second-order valence-electron chi connectivity index (χ2n) is 15.1. The van der Waals surface area contributed by atoms with Crippen LogP contribution in [0.2, 0.25) is 0 Å². The van der Waals surface area contributed by atoms with Crippen molar-refractivity contribution in [1.82, 2.24) is 5.32 Å². The Labute approximate surface area is 502 Å². The number of hydrogen-bond acceptors (Lipinski definition) is 18. The first-order chi connectivity index (χ1) is 36.8. The molecule has 0 spiro atoms. The molecule has 8 aromatic rings. The minimum atomic E-state index is -3.61. The number of nitrogens with zero attached hydrogens (tertiary/aromatic N) is 1. The van der Waals surface area contributed by atoms with Gasteiger partial charge in [0.05, 0.1) is 62.4 Å². The van der Waals surface area contributed by atoms with Crippen LogP contribution in [-0.4, -0.2) is 69.0 Å². The zero-order valence-corrected chi connectivity index (χ0v) is 51.6. The minimum Gasteiger partial charge on any atom is -0.465 e. The molecule has 0 aliphatic rings. The second-order valence-corrected chi connectivity index (χ2v) is 27.2. The van der Waals surface area contributed by atoms with E-state index in [0.29, 0.717) is 23.2 Å². The molecule has 4 aromatic heterocycles. The van der Waals surface area contributed by atoms with Gasteiger partial charge in [0.1, 0.15) is 8.42 Å². The molecule has 79 heavy (non-hydrogen) atoms. The van der Waals surface area contributed by atoms with Gasteiger partial charge in [0, 0.05) is 43.6 Å². The highest BCUT2D eigenvalue weighted by Crippen LogP contribution is 2.35. The Morgan fingerprint density at radius 3 is 1.51 bits per heavy atom. The number of rotatable bonds is 13. The molecule has 0 radical (unpaired) electrons. The molecule has 0 unspecified atom stereocenters. The van der Waals surface area contributed by atoms with Gasteiger partial charge < -0.3 is 25.3 Å². The first kappa shape index (κ1) is 69.5. The van der Waals surface area contributed by atoms with E-state index in [4.69, 9.17) is 17.0 Å². The van der Waals surface area contributed by atoms with E-state index in [1.54, 1.807) is 83.8 Å². The fraction of sp³-hybridized carbons (Fsp3) is 0.182. The van der Waals surface area contributed by atoms with Crippen LogP contribution in [0.4, 0.5) is 5.00 Å². The maximum Gasteiger partial charge on any atom is 0.337 e. The lowest BCUT2D eigenvalue weighted by Crippen LogP contribution is -2.18. The first-order valence-corrected chi connectivity index (χ1v) is 30.9. The lowest BCUT2D eigenvalue weighted by molar-refractivity contribution is 0.0591. The maximum atomic E-state index is 12.5. The highest BCUT2D eigenvalue weighted by atomic mass is 79.9. The number of nitrogens with one attached hydrogen (secondary N) is 1. The average Bonchev–Trinajstić information content (AvgIpc) is 4.32. The van der Waals surface area contributed by atoms with E-state index < -0.39 is 25.6 Å². The van der Waals surface area contributed by atoms with Gasteiger partial charge in [0.15, 0.2) is 0 Å². The molecule has 0 bridgehead atoms. The van der Waals surface area contributed by atoms with Crippen molar-refractivity contribution in [3.05, 3.63) is 198 Å². The monoisotopic (exact) mass is 1310 g/mol. The van der Waals surface area contributed by atoms with E-state index in [9.17, 15) is 36.0 Å². The van der Waals surface area contributed by atoms with Crippen LogP contribution in [0.3, 0.4) is 0 Å². The summed E-state index contributed by atoms with van der Waals surface area (Å²) >= 11 is 14.6. The largest absolute Gasteiger partial charge is 0.465 e. The third-order valence-electron chi connectivity index (χ3n) is 9.95. The third kappa shape index (κ3) is 21.1. The normalized spacial score (nSPS) is 10.2. The highest BCUT2D eigenvalue weighted by Gasteiger charge is 2.23. The van der Waals surface area contributed by atoms with Crippen LogP contribution in [0.15, 0.2) is 182 Å². The summed E-state index contributed by atoms with van der Waals surface area (Å²) in [7, 11) is -1.68. The highest BCUT2D eigenvalue weighted by molar-refractivity contribution is 9.11. The van der Waals surface area contributed by atoms with Gasteiger partial charge >= 0.3 is 17.9 Å². The van der Waals surface area contributed by atoms with Crippen molar-refractivity contribution in [2.24, 2.45) is 5.73 Å². The van der Waals surface area contributed by atoms with Gasteiger partial charge in [-0.2, -0.15) is 0 Å². The molecule has 0 aliphatic heterocycles. The molecule has 4 aromatic carbocycles. The molecule has 1 amide bonds. The van der Waals surface area contributed by atoms with Crippen molar-refractivity contribution in [1.29, 1.82) is 0 Å². The summed E-state index contributed by atoms with van der Waals surface area (Å²) in [6, 6.07) is 40.8. The predicted molar refractivity (Wildman–Crippen MR) is 327 cm³/mol. The smallest absolute Gasteiger partial charge is 0.337 e. The van der Waals surface area contributed by atoms with Crippen LogP contribution in [0.5, 0.6) is 0 Å². The lowest BCUT2D eigenvalue weighted by Gasteiger charge is -2.04. The Bertz CT molecular complexity index is 3420. The van der Waals surface area contributed by atoms with E-state index in [-0.39, 0.29) is 61.5 Å². The summed E-state index contributed by atoms with van der Waals surface area (Å²) in [6.45, 7) is 11.0. The summed E-state index contributed by atoms with van der Waals surface area (Å²) in [6.07, 6.45) is 1.86. The number of carbonyl (C=O) groups is 4. The predicted octanol–water partition coefficient (Wildman–Crippen LogP) is 14.5. The van der Waals surface area contributed by atoms with Crippen molar-refractivity contribution >= 4 is 147 Å². The SMILES string of the molecule is C.CCc1ccc(S(=O)(=O)c2cccc(C(=O)OC)c2)s1.CCc1ccc(Sc2cccc(C(=O)OC)c2)s1.CNC(=O)c1cccc(S(=O)(=O)c2ccc(CN)s2)c1.COC(=O)c1cccc(S)c1.Cl.[C-]#[N+]c1ccc(Br)s1. The number of esters is 3. The van der Waals surface area contributed by atoms with Crippen molar-refractivity contribution in [3.8, 4) is 0 Å². The zero-order valence-electron chi connectivity index (χ0n) is 42.6. The molecular formula is C55H57BrClN3O11S8. The number of carbonyl (C=O) groups excluding carboxylic acids is 4. The van der Waals surface area contributed by atoms with Crippen LogP contribution in [-0.2, 0) is 53.3 Å². The third-order valence-corrected chi connectivity index (χ3v) is 20.9. The van der Waals surface area contributed by atoms with E-state index >= 15 is 0 Å². The molecule has 0 saturated heterocycles. The zero-order chi connectivity index (χ0) is 56.7. The van der Waals surface area contributed by atoms with Crippen molar-refractivity contribution in [2.45, 2.75) is 72.9 Å². The summed E-state index contributed by atoms with van der Waals surface area (Å²) in [5.74, 6) is -1.50. The number of methoxy groups -OCH3 is 3. The molecule has 0 aliphatic carbocycles. The number of halogens is 2. The molecular weight excluding hydrogens is 1250 g/mol. The second kappa shape index (κ2) is 34.5. The number of nitrogens with two attached hydrogens (primary N) is 1. The fourth-order valence-corrected chi connectivity index (χ4v) is 15.0. The number of hydrogen-bond donors (Lipinski definition) is 3. The molecule has 4 heterocycles. The summed E-state index contributed by atoms with van der Waals surface area (Å²) in [5.41, 5.74) is 7.14. The van der Waals surface area contributed by atoms with Gasteiger partial charge in [-0.1, -0.05) is 57.3 Å². The number of thiol groups is 1. The average molecular weight is 1310 g/mol. The van der Waals surface area contributed by atoms with Gasteiger partial charge in [0.2, 0.25) is 24.7 Å². The lowest BCUT2D eigenvalue weighted by atomic mass is 10.2. The fourth-order valence-electron chi connectivity index (χ4n) is 6.03. The molecule has 0 fully saturated rings. The quantitative estimate of drug-likeness (QED) is 0.0426. The van der Waals surface area contributed by atoms with Crippen molar-refractivity contribution in [2.75, 3.05) is 28.4 Å². The van der Waals surface area contributed by atoms with E-state index in [1.165, 1.54) is 103 Å².